The molecule has 4 heteroatoms. The fraction of sp³-hybridized carbons (Fsp3) is 0.143. The van der Waals surface area contributed by atoms with Gasteiger partial charge in [0.1, 0.15) is 5.75 Å². The van der Waals surface area contributed by atoms with Crippen molar-refractivity contribution in [1.82, 2.24) is 0 Å². The predicted molar refractivity (Wildman–Crippen MR) is 38.5 cm³/mol. The van der Waals surface area contributed by atoms with E-state index in [-0.39, 0.29) is 5.69 Å². The van der Waals surface area contributed by atoms with Crippen LogP contribution in [0, 0.1) is 16.2 Å². The molecule has 1 aromatic rings. The third-order valence-corrected chi connectivity index (χ3v) is 1.19. The van der Waals surface area contributed by atoms with Gasteiger partial charge < -0.3 is 4.74 Å². The SMILES string of the molecule is COc1c[c]cc([N+](=O)[O-])c1. The minimum atomic E-state index is -0.487. The van der Waals surface area contributed by atoms with Gasteiger partial charge in [-0.1, -0.05) is 0 Å². The molecule has 1 radical (unpaired) electrons. The van der Waals surface area contributed by atoms with Gasteiger partial charge in [0.25, 0.3) is 5.69 Å². The van der Waals surface area contributed by atoms with Crippen molar-refractivity contribution in [2.75, 3.05) is 7.11 Å². The summed E-state index contributed by atoms with van der Waals surface area (Å²) in [6.45, 7) is 0. The Labute approximate surface area is 63.6 Å². The zero-order valence-corrected chi connectivity index (χ0v) is 5.90. The van der Waals surface area contributed by atoms with Gasteiger partial charge >= 0.3 is 0 Å². The van der Waals surface area contributed by atoms with Gasteiger partial charge in [0.15, 0.2) is 0 Å². The number of nitro benzene ring substituents is 1. The molecule has 0 spiro atoms. The van der Waals surface area contributed by atoms with E-state index in [9.17, 15) is 10.1 Å². The molecule has 1 rings (SSSR count). The van der Waals surface area contributed by atoms with E-state index in [1.54, 1.807) is 0 Å². The van der Waals surface area contributed by atoms with Gasteiger partial charge in [0.05, 0.1) is 18.1 Å². The van der Waals surface area contributed by atoms with E-state index in [1.807, 2.05) is 0 Å². The highest BCUT2D eigenvalue weighted by Gasteiger charge is 2.04. The van der Waals surface area contributed by atoms with E-state index in [1.165, 1.54) is 25.3 Å². The monoisotopic (exact) mass is 152 g/mol. The van der Waals surface area contributed by atoms with Gasteiger partial charge in [-0.3, -0.25) is 10.1 Å². The Morgan fingerprint density at radius 2 is 2.36 bits per heavy atom. The Hall–Kier alpha value is -1.58. The second kappa shape index (κ2) is 3.01. The molecular formula is C7H6NO3. The highest BCUT2D eigenvalue weighted by molar-refractivity contribution is 5.37. The molecule has 0 amide bonds. The summed E-state index contributed by atoms with van der Waals surface area (Å²) in [7, 11) is 1.45. The second-order valence-electron chi connectivity index (χ2n) is 1.89. The van der Waals surface area contributed by atoms with Crippen LogP contribution >= 0.6 is 0 Å². The summed E-state index contributed by atoms with van der Waals surface area (Å²) in [5, 5.41) is 10.2. The Kier molecular flexibility index (Phi) is 2.06. The van der Waals surface area contributed by atoms with E-state index < -0.39 is 4.92 Å². The normalized spacial score (nSPS) is 9.18. The van der Waals surface area contributed by atoms with Gasteiger partial charge in [0.2, 0.25) is 0 Å². The fourth-order valence-electron chi connectivity index (χ4n) is 0.662. The van der Waals surface area contributed by atoms with Crippen molar-refractivity contribution in [2.45, 2.75) is 0 Å². The lowest BCUT2D eigenvalue weighted by atomic mass is 10.3. The fourth-order valence-corrected chi connectivity index (χ4v) is 0.662. The maximum Gasteiger partial charge on any atom is 0.273 e. The first-order valence-electron chi connectivity index (χ1n) is 2.93. The number of methoxy groups -OCH3 is 1. The molecule has 0 aliphatic heterocycles. The minimum Gasteiger partial charge on any atom is -0.496 e. The number of hydrogen-bond donors (Lipinski definition) is 0. The number of nitrogens with zero attached hydrogens (tertiary/aromatic N) is 1. The third-order valence-electron chi connectivity index (χ3n) is 1.19. The van der Waals surface area contributed by atoms with Crippen LogP contribution in [0.25, 0.3) is 0 Å². The molecule has 11 heavy (non-hydrogen) atoms. The van der Waals surface area contributed by atoms with E-state index in [0.717, 1.165) is 0 Å². The topological polar surface area (TPSA) is 52.4 Å². The van der Waals surface area contributed by atoms with Gasteiger partial charge in [-0.15, -0.1) is 0 Å². The summed E-state index contributed by atoms with van der Waals surface area (Å²) >= 11 is 0. The standard InChI is InChI=1S/C7H6NO3/c1-11-7-4-2-3-6(5-7)8(9)10/h3-5H,1H3. The number of benzene rings is 1. The average molecular weight is 152 g/mol. The van der Waals surface area contributed by atoms with Gasteiger partial charge in [-0.2, -0.15) is 0 Å². The summed E-state index contributed by atoms with van der Waals surface area (Å²) < 4.78 is 4.77. The second-order valence-corrected chi connectivity index (χ2v) is 1.89. The molecule has 1 aromatic carbocycles. The molecule has 0 aliphatic carbocycles. The van der Waals surface area contributed by atoms with E-state index in [2.05, 4.69) is 6.07 Å². The molecule has 0 heterocycles. The first kappa shape index (κ1) is 7.53. The Morgan fingerprint density at radius 3 is 2.91 bits per heavy atom. The zero-order chi connectivity index (χ0) is 8.27. The molecule has 0 aromatic heterocycles. The lowest BCUT2D eigenvalue weighted by Gasteiger charge is -1.96. The molecule has 4 nitrogen and oxygen atoms in total. The summed E-state index contributed by atoms with van der Waals surface area (Å²) in [6.07, 6.45) is 0. The van der Waals surface area contributed by atoms with Crippen molar-refractivity contribution < 1.29 is 9.66 Å². The first-order chi connectivity index (χ1) is 5.24. The van der Waals surface area contributed by atoms with E-state index in [4.69, 9.17) is 4.74 Å². The summed E-state index contributed by atoms with van der Waals surface area (Å²) in [5.74, 6) is 0.444. The number of nitro groups is 1. The average Bonchev–Trinajstić information content (AvgIpc) is 2.05. The molecule has 0 aliphatic rings. The Bertz CT molecular complexity index is 272. The maximum absolute atomic E-state index is 10.2. The lowest BCUT2D eigenvalue weighted by Crippen LogP contribution is -1.88. The van der Waals surface area contributed by atoms with Crippen LogP contribution in [0.15, 0.2) is 18.2 Å². The van der Waals surface area contributed by atoms with Crippen LogP contribution in [0.5, 0.6) is 5.75 Å². The molecule has 0 bridgehead atoms. The van der Waals surface area contributed by atoms with E-state index in [0.29, 0.717) is 5.75 Å². The summed E-state index contributed by atoms with van der Waals surface area (Å²) in [5.41, 5.74) is -0.00986. The van der Waals surface area contributed by atoms with Crippen LogP contribution in [-0.2, 0) is 0 Å². The van der Waals surface area contributed by atoms with Crippen molar-refractivity contribution in [3.63, 3.8) is 0 Å². The smallest absolute Gasteiger partial charge is 0.273 e. The summed E-state index contributed by atoms with van der Waals surface area (Å²) in [6, 6.07) is 6.77. The summed E-state index contributed by atoms with van der Waals surface area (Å²) in [4.78, 5) is 9.71. The molecule has 57 valence electrons. The Morgan fingerprint density at radius 1 is 1.64 bits per heavy atom. The van der Waals surface area contributed by atoms with Crippen LogP contribution < -0.4 is 4.74 Å². The van der Waals surface area contributed by atoms with Crippen LogP contribution in [0.2, 0.25) is 0 Å². The van der Waals surface area contributed by atoms with Gasteiger partial charge in [-0.05, 0) is 12.1 Å². The number of non-ortho nitro benzene ring substituents is 1. The molecule has 0 fully saturated rings. The van der Waals surface area contributed by atoms with E-state index >= 15 is 0 Å². The third kappa shape index (κ3) is 1.67. The quantitative estimate of drug-likeness (QED) is 0.475. The van der Waals surface area contributed by atoms with Crippen LogP contribution in [-0.4, -0.2) is 12.0 Å². The van der Waals surface area contributed by atoms with Crippen molar-refractivity contribution >= 4 is 5.69 Å². The van der Waals surface area contributed by atoms with Crippen LogP contribution in [0.4, 0.5) is 5.69 Å². The van der Waals surface area contributed by atoms with Gasteiger partial charge in [0, 0.05) is 6.07 Å². The molecule has 0 saturated heterocycles. The van der Waals surface area contributed by atoms with Crippen molar-refractivity contribution in [3.05, 3.63) is 34.4 Å². The van der Waals surface area contributed by atoms with Crippen molar-refractivity contribution in [3.8, 4) is 5.75 Å². The highest BCUT2D eigenvalue weighted by Crippen LogP contribution is 2.17. The first-order valence-corrected chi connectivity index (χ1v) is 2.93. The highest BCUT2D eigenvalue weighted by atomic mass is 16.6. The lowest BCUT2D eigenvalue weighted by molar-refractivity contribution is -0.385. The predicted octanol–water partition coefficient (Wildman–Crippen LogP) is 1.40. The van der Waals surface area contributed by atoms with Crippen molar-refractivity contribution in [2.24, 2.45) is 0 Å². The van der Waals surface area contributed by atoms with Gasteiger partial charge in [-0.25, -0.2) is 0 Å². The Balaban J connectivity index is 3.01. The molecular weight excluding hydrogens is 146 g/mol. The van der Waals surface area contributed by atoms with Crippen LogP contribution in [0.1, 0.15) is 0 Å². The minimum absolute atomic E-state index is 0.00986. The number of ether oxygens (including phenoxy) is 1. The molecule has 0 N–H and O–H groups in total. The molecule has 0 unspecified atom stereocenters. The molecule has 0 saturated carbocycles. The zero-order valence-electron chi connectivity index (χ0n) is 5.90. The molecule has 0 atom stereocenters. The largest absolute Gasteiger partial charge is 0.496 e. The number of hydrogen-bond acceptors (Lipinski definition) is 3. The number of rotatable bonds is 2. The maximum atomic E-state index is 10.2. The van der Waals surface area contributed by atoms with Crippen molar-refractivity contribution in [1.29, 1.82) is 0 Å². The van der Waals surface area contributed by atoms with Crippen LogP contribution in [0.3, 0.4) is 0 Å².